The summed E-state index contributed by atoms with van der Waals surface area (Å²) >= 11 is 0. The third kappa shape index (κ3) is 4.46. The van der Waals surface area contributed by atoms with E-state index in [-0.39, 0.29) is 5.91 Å². The molecule has 4 nitrogen and oxygen atoms in total. The van der Waals surface area contributed by atoms with E-state index in [0.29, 0.717) is 0 Å². The molecular formula is C15H29N3O. The summed E-state index contributed by atoms with van der Waals surface area (Å²) in [5.41, 5.74) is 5.03. The molecule has 1 atom stereocenters. The standard InChI is InChI=1S/C15H29N3O/c1-3-9-17-15(2,14(16)19)8-10-18(13-6-7-13)11-12-4-5-12/h12-13,17H,3-11H2,1-2H3,(H2,16,19). The van der Waals surface area contributed by atoms with Gasteiger partial charge in [0.1, 0.15) is 0 Å². The molecular weight excluding hydrogens is 238 g/mol. The van der Waals surface area contributed by atoms with E-state index in [2.05, 4.69) is 17.1 Å². The molecule has 2 rings (SSSR count). The highest BCUT2D eigenvalue weighted by Gasteiger charge is 2.36. The van der Waals surface area contributed by atoms with E-state index in [1.165, 1.54) is 32.2 Å². The van der Waals surface area contributed by atoms with Crippen LogP contribution in [0.4, 0.5) is 0 Å². The second-order valence-electron chi connectivity index (χ2n) is 6.54. The molecule has 2 saturated carbocycles. The molecule has 4 heteroatoms. The maximum absolute atomic E-state index is 11.7. The summed E-state index contributed by atoms with van der Waals surface area (Å²) in [7, 11) is 0. The largest absolute Gasteiger partial charge is 0.368 e. The Morgan fingerprint density at radius 2 is 2.05 bits per heavy atom. The zero-order chi connectivity index (χ0) is 13.9. The van der Waals surface area contributed by atoms with Crippen molar-refractivity contribution < 1.29 is 4.79 Å². The van der Waals surface area contributed by atoms with Crippen molar-refractivity contribution in [2.75, 3.05) is 19.6 Å². The summed E-state index contributed by atoms with van der Waals surface area (Å²) in [5.74, 6) is 0.701. The lowest BCUT2D eigenvalue weighted by Crippen LogP contribution is -2.55. The van der Waals surface area contributed by atoms with E-state index in [1.807, 2.05) is 6.92 Å². The number of nitrogens with two attached hydrogens (primary N) is 1. The van der Waals surface area contributed by atoms with Gasteiger partial charge in [-0.3, -0.25) is 4.79 Å². The van der Waals surface area contributed by atoms with Crippen molar-refractivity contribution in [2.24, 2.45) is 11.7 Å². The number of hydrogen-bond acceptors (Lipinski definition) is 3. The molecule has 0 aromatic heterocycles. The van der Waals surface area contributed by atoms with Crippen LogP contribution in [0, 0.1) is 5.92 Å². The minimum Gasteiger partial charge on any atom is -0.368 e. The van der Waals surface area contributed by atoms with Crippen LogP contribution in [0.1, 0.15) is 52.4 Å². The van der Waals surface area contributed by atoms with Crippen LogP contribution in [-0.2, 0) is 4.79 Å². The number of carbonyl (C=O) groups excluding carboxylic acids is 1. The maximum Gasteiger partial charge on any atom is 0.237 e. The highest BCUT2D eigenvalue weighted by Crippen LogP contribution is 2.35. The molecule has 110 valence electrons. The van der Waals surface area contributed by atoms with Crippen molar-refractivity contribution in [3.63, 3.8) is 0 Å². The maximum atomic E-state index is 11.7. The second kappa shape index (κ2) is 6.23. The van der Waals surface area contributed by atoms with Gasteiger partial charge in [-0.2, -0.15) is 0 Å². The fraction of sp³-hybridized carbons (Fsp3) is 0.933. The molecule has 0 spiro atoms. The SMILES string of the molecule is CCCNC(C)(CCN(CC1CC1)C1CC1)C(N)=O. The van der Waals surface area contributed by atoms with Gasteiger partial charge in [0.05, 0.1) is 5.54 Å². The van der Waals surface area contributed by atoms with Crippen LogP contribution < -0.4 is 11.1 Å². The Bertz CT molecular complexity index is 313. The molecule has 0 saturated heterocycles. The first-order chi connectivity index (χ1) is 9.05. The fourth-order valence-corrected chi connectivity index (χ4v) is 2.56. The van der Waals surface area contributed by atoms with Crippen molar-refractivity contribution in [3.05, 3.63) is 0 Å². The van der Waals surface area contributed by atoms with Crippen LogP contribution in [0.2, 0.25) is 0 Å². The van der Waals surface area contributed by atoms with Crippen LogP contribution in [0.3, 0.4) is 0 Å². The number of carbonyl (C=O) groups is 1. The summed E-state index contributed by atoms with van der Waals surface area (Å²) in [4.78, 5) is 14.3. The van der Waals surface area contributed by atoms with Gasteiger partial charge in [0.2, 0.25) is 5.91 Å². The Labute approximate surface area is 117 Å². The lowest BCUT2D eigenvalue weighted by Gasteiger charge is -2.31. The quantitative estimate of drug-likeness (QED) is 0.630. The van der Waals surface area contributed by atoms with E-state index >= 15 is 0 Å². The molecule has 0 aromatic rings. The molecule has 2 fully saturated rings. The van der Waals surface area contributed by atoms with Gasteiger partial charge in [0.15, 0.2) is 0 Å². The molecule has 3 N–H and O–H groups in total. The topological polar surface area (TPSA) is 58.4 Å². The van der Waals surface area contributed by atoms with Crippen molar-refractivity contribution in [3.8, 4) is 0 Å². The van der Waals surface area contributed by atoms with Gasteiger partial charge < -0.3 is 16.0 Å². The second-order valence-corrected chi connectivity index (χ2v) is 6.54. The molecule has 2 aliphatic carbocycles. The lowest BCUT2D eigenvalue weighted by atomic mass is 9.96. The minimum absolute atomic E-state index is 0.219. The normalized spacial score (nSPS) is 22.5. The molecule has 0 aromatic carbocycles. The van der Waals surface area contributed by atoms with Crippen molar-refractivity contribution in [1.29, 1.82) is 0 Å². The van der Waals surface area contributed by atoms with E-state index in [1.54, 1.807) is 0 Å². The molecule has 2 aliphatic rings. The average Bonchev–Trinajstić information content (AvgIpc) is 3.24. The van der Waals surface area contributed by atoms with Crippen LogP contribution in [0.5, 0.6) is 0 Å². The summed E-state index contributed by atoms with van der Waals surface area (Å²) in [6.45, 7) is 7.14. The van der Waals surface area contributed by atoms with Crippen LogP contribution in [0.15, 0.2) is 0 Å². The fourth-order valence-electron chi connectivity index (χ4n) is 2.56. The first-order valence-corrected chi connectivity index (χ1v) is 7.84. The van der Waals surface area contributed by atoms with Gasteiger partial charge >= 0.3 is 0 Å². The Morgan fingerprint density at radius 3 is 2.53 bits per heavy atom. The molecule has 1 amide bonds. The summed E-state index contributed by atoms with van der Waals surface area (Å²) in [6, 6.07) is 0.781. The number of nitrogens with one attached hydrogen (secondary N) is 1. The zero-order valence-corrected chi connectivity index (χ0v) is 12.5. The number of hydrogen-bond donors (Lipinski definition) is 2. The van der Waals surface area contributed by atoms with E-state index in [9.17, 15) is 4.79 Å². The smallest absolute Gasteiger partial charge is 0.237 e. The minimum atomic E-state index is -0.549. The predicted octanol–water partition coefficient (Wildman–Crippen LogP) is 1.49. The number of rotatable bonds is 10. The Morgan fingerprint density at radius 1 is 1.37 bits per heavy atom. The monoisotopic (exact) mass is 267 g/mol. The summed E-state index contributed by atoms with van der Waals surface area (Å²) < 4.78 is 0. The number of nitrogens with zero attached hydrogens (tertiary/aromatic N) is 1. The van der Waals surface area contributed by atoms with Gasteiger partial charge in [0, 0.05) is 19.1 Å². The third-order valence-electron chi connectivity index (χ3n) is 4.46. The Hall–Kier alpha value is -0.610. The van der Waals surface area contributed by atoms with Crippen molar-refractivity contribution in [2.45, 2.75) is 64.0 Å². The lowest BCUT2D eigenvalue weighted by molar-refractivity contribution is -0.124. The van der Waals surface area contributed by atoms with Crippen LogP contribution in [-0.4, -0.2) is 42.0 Å². The average molecular weight is 267 g/mol. The van der Waals surface area contributed by atoms with Gasteiger partial charge in [-0.15, -0.1) is 0 Å². The predicted molar refractivity (Wildman–Crippen MR) is 77.8 cm³/mol. The van der Waals surface area contributed by atoms with E-state index in [0.717, 1.165) is 37.9 Å². The Balaban J connectivity index is 1.82. The molecule has 0 radical (unpaired) electrons. The van der Waals surface area contributed by atoms with Gasteiger partial charge in [0.25, 0.3) is 0 Å². The van der Waals surface area contributed by atoms with E-state index < -0.39 is 5.54 Å². The van der Waals surface area contributed by atoms with Gasteiger partial charge in [-0.1, -0.05) is 6.92 Å². The van der Waals surface area contributed by atoms with Crippen LogP contribution >= 0.6 is 0 Å². The van der Waals surface area contributed by atoms with E-state index in [4.69, 9.17) is 5.73 Å². The Kier molecular flexibility index (Phi) is 4.85. The number of amides is 1. The molecule has 0 aliphatic heterocycles. The van der Waals surface area contributed by atoms with Gasteiger partial charge in [-0.25, -0.2) is 0 Å². The molecule has 0 heterocycles. The van der Waals surface area contributed by atoms with Crippen LogP contribution in [0.25, 0.3) is 0 Å². The molecule has 0 bridgehead atoms. The highest BCUT2D eigenvalue weighted by molar-refractivity contribution is 5.84. The molecule has 19 heavy (non-hydrogen) atoms. The zero-order valence-electron chi connectivity index (χ0n) is 12.5. The highest BCUT2D eigenvalue weighted by atomic mass is 16.1. The first kappa shape index (κ1) is 14.8. The third-order valence-corrected chi connectivity index (χ3v) is 4.46. The van der Waals surface area contributed by atoms with Crippen molar-refractivity contribution in [1.82, 2.24) is 10.2 Å². The number of primary amides is 1. The first-order valence-electron chi connectivity index (χ1n) is 7.84. The van der Waals surface area contributed by atoms with Crippen molar-refractivity contribution >= 4 is 5.91 Å². The summed E-state index contributed by atoms with van der Waals surface area (Å²) in [6.07, 6.45) is 7.31. The molecule has 1 unspecified atom stereocenters. The van der Waals surface area contributed by atoms with Gasteiger partial charge in [-0.05, 0) is 57.9 Å². The summed E-state index contributed by atoms with van der Waals surface area (Å²) in [5, 5.41) is 3.33.